The molecule has 26 heavy (non-hydrogen) atoms. The summed E-state index contributed by atoms with van der Waals surface area (Å²) in [5.74, 6) is -0.0651. The minimum atomic E-state index is -0.0651. The summed E-state index contributed by atoms with van der Waals surface area (Å²) in [5, 5.41) is 3.91. The molecule has 3 aromatic rings. The highest BCUT2D eigenvalue weighted by molar-refractivity contribution is 6.05. The van der Waals surface area contributed by atoms with E-state index >= 15 is 0 Å². The fourth-order valence-electron chi connectivity index (χ4n) is 3.53. The number of para-hydroxylation sites is 1. The van der Waals surface area contributed by atoms with E-state index in [0.29, 0.717) is 12.1 Å². The molecule has 4 rings (SSSR count). The van der Waals surface area contributed by atoms with Gasteiger partial charge in [0.15, 0.2) is 0 Å². The van der Waals surface area contributed by atoms with Crippen LogP contribution in [-0.2, 0) is 13.1 Å². The Balaban J connectivity index is 1.39. The summed E-state index contributed by atoms with van der Waals surface area (Å²) in [6.45, 7) is 3.96. The van der Waals surface area contributed by atoms with Crippen LogP contribution in [0.3, 0.4) is 0 Å². The van der Waals surface area contributed by atoms with Crippen LogP contribution in [0.25, 0.3) is 10.9 Å². The first-order valence-electron chi connectivity index (χ1n) is 9.22. The van der Waals surface area contributed by atoms with Crippen LogP contribution in [-0.4, -0.2) is 28.9 Å². The van der Waals surface area contributed by atoms with Crippen molar-refractivity contribution in [3.63, 3.8) is 0 Å². The predicted molar refractivity (Wildman–Crippen MR) is 104 cm³/mol. The summed E-state index contributed by atoms with van der Waals surface area (Å²) in [5.41, 5.74) is 3.96. The topological polar surface area (TPSA) is 45.2 Å². The van der Waals surface area contributed by atoms with E-state index in [1.54, 1.807) is 12.3 Å². The highest BCUT2D eigenvalue weighted by atomic mass is 16.1. The Kier molecular flexibility index (Phi) is 4.93. The van der Waals surface area contributed by atoms with E-state index in [2.05, 4.69) is 39.5 Å². The molecule has 1 aromatic heterocycles. The van der Waals surface area contributed by atoms with Gasteiger partial charge in [0.1, 0.15) is 0 Å². The zero-order valence-electron chi connectivity index (χ0n) is 14.8. The molecule has 0 spiro atoms. The largest absolute Gasteiger partial charge is 0.348 e. The van der Waals surface area contributed by atoms with Gasteiger partial charge in [0, 0.05) is 24.7 Å². The Morgan fingerprint density at radius 2 is 1.69 bits per heavy atom. The lowest BCUT2D eigenvalue weighted by Gasteiger charge is -2.14. The Labute approximate surface area is 153 Å². The van der Waals surface area contributed by atoms with Gasteiger partial charge in [-0.25, -0.2) is 0 Å². The average Bonchev–Trinajstić information content (AvgIpc) is 3.20. The summed E-state index contributed by atoms with van der Waals surface area (Å²) < 4.78 is 0. The quantitative estimate of drug-likeness (QED) is 0.766. The molecular formula is C22H23N3O. The van der Waals surface area contributed by atoms with E-state index in [-0.39, 0.29) is 5.91 Å². The van der Waals surface area contributed by atoms with Gasteiger partial charge < -0.3 is 5.32 Å². The molecule has 2 aromatic carbocycles. The number of fused-ring (bicyclic) bond motifs is 1. The number of hydrogen-bond donors (Lipinski definition) is 1. The third kappa shape index (κ3) is 3.75. The number of nitrogens with one attached hydrogen (secondary N) is 1. The molecule has 0 bridgehead atoms. The number of carbonyl (C=O) groups excluding carboxylic acids is 1. The smallest absolute Gasteiger partial charge is 0.252 e. The van der Waals surface area contributed by atoms with Crippen LogP contribution in [0.15, 0.2) is 60.8 Å². The number of nitrogens with zero attached hydrogens (tertiary/aromatic N) is 2. The van der Waals surface area contributed by atoms with Crippen molar-refractivity contribution in [2.75, 3.05) is 13.1 Å². The fourth-order valence-corrected chi connectivity index (χ4v) is 3.53. The number of aromatic nitrogens is 1. The van der Waals surface area contributed by atoms with E-state index in [1.807, 2.05) is 24.3 Å². The fraction of sp³-hybridized carbons (Fsp3) is 0.273. The molecule has 1 N–H and O–H groups in total. The molecule has 0 unspecified atom stereocenters. The second-order valence-corrected chi connectivity index (χ2v) is 6.86. The van der Waals surface area contributed by atoms with Gasteiger partial charge in [-0.1, -0.05) is 42.5 Å². The molecule has 1 saturated heterocycles. The lowest BCUT2D eigenvalue weighted by molar-refractivity contribution is 0.0952. The van der Waals surface area contributed by atoms with Crippen molar-refractivity contribution in [3.8, 4) is 0 Å². The number of carbonyl (C=O) groups is 1. The lowest BCUT2D eigenvalue weighted by atomic mass is 10.1. The van der Waals surface area contributed by atoms with E-state index in [1.165, 1.54) is 31.5 Å². The second-order valence-electron chi connectivity index (χ2n) is 6.86. The van der Waals surface area contributed by atoms with Gasteiger partial charge in [-0.05, 0) is 49.2 Å². The maximum atomic E-state index is 12.6. The first-order chi connectivity index (χ1) is 12.8. The van der Waals surface area contributed by atoms with Gasteiger partial charge in [-0.15, -0.1) is 0 Å². The Bertz CT molecular complexity index is 893. The van der Waals surface area contributed by atoms with Gasteiger partial charge in [-0.2, -0.15) is 0 Å². The van der Waals surface area contributed by atoms with Crippen molar-refractivity contribution in [1.82, 2.24) is 15.2 Å². The first-order valence-corrected chi connectivity index (χ1v) is 9.22. The number of pyridine rings is 1. The molecule has 1 aliphatic rings. The molecule has 0 atom stereocenters. The van der Waals surface area contributed by atoms with E-state index in [9.17, 15) is 4.79 Å². The van der Waals surface area contributed by atoms with Crippen LogP contribution < -0.4 is 5.32 Å². The second kappa shape index (κ2) is 7.67. The molecule has 4 nitrogen and oxygen atoms in total. The standard InChI is InChI=1S/C22H23N3O/c26-22(20-11-12-23-21-6-2-1-5-19(20)21)24-15-17-7-9-18(10-8-17)16-25-13-3-4-14-25/h1-2,5-12H,3-4,13-16H2,(H,24,26). The van der Waals surface area contributed by atoms with Crippen molar-refractivity contribution in [3.05, 3.63) is 77.5 Å². The van der Waals surface area contributed by atoms with Crippen LogP contribution >= 0.6 is 0 Å². The van der Waals surface area contributed by atoms with Crippen molar-refractivity contribution >= 4 is 16.8 Å². The number of likely N-dealkylation sites (tertiary alicyclic amines) is 1. The molecule has 4 heteroatoms. The molecule has 1 fully saturated rings. The Morgan fingerprint density at radius 3 is 2.50 bits per heavy atom. The zero-order valence-corrected chi connectivity index (χ0v) is 14.8. The summed E-state index contributed by atoms with van der Waals surface area (Å²) in [7, 11) is 0. The normalized spacial score (nSPS) is 14.6. The molecule has 1 amide bonds. The lowest BCUT2D eigenvalue weighted by Crippen LogP contribution is -2.23. The summed E-state index contributed by atoms with van der Waals surface area (Å²) in [6, 6.07) is 18.0. The zero-order chi connectivity index (χ0) is 17.8. The van der Waals surface area contributed by atoms with Crippen molar-refractivity contribution in [2.24, 2.45) is 0 Å². The summed E-state index contributed by atoms with van der Waals surface area (Å²) in [4.78, 5) is 19.4. The van der Waals surface area contributed by atoms with Crippen LogP contribution in [0.1, 0.15) is 34.3 Å². The maximum Gasteiger partial charge on any atom is 0.252 e. The molecule has 0 saturated carbocycles. The summed E-state index contributed by atoms with van der Waals surface area (Å²) in [6.07, 6.45) is 4.31. The van der Waals surface area contributed by atoms with Crippen molar-refractivity contribution < 1.29 is 4.79 Å². The highest BCUT2D eigenvalue weighted by Crippen LogP contribution is 2.16. The van der Waals surface area contributed by atoms with Crippen LogP contribution in [0.5, 0.6) is 0 Å². The van der Waals surface area contributed by atoms with Gasteiger partial charge in [0.2, 0.25) is 0 Å². The molecule has 0 aliphatic carbocycles. The number of amides is 1. The van der Waals surface area contributed by atoms with Gasteiger partial charge in [0.25, 0.3) is 5.91 Å². The summed E-state index contributed by atoms with van der Waals surface area (Å²) >= 11 is 0. The van der Waals surface area contributed by atoms with Crippen LogP contribution in [0.4, 0.5) is 0 Å². The van der Waals surface area contributed by atoms with E-state index in [4.69, 9.17) is 0 Å². The predicted octanol–water partition coefficient (Wildman–Crippen LogP) is 3.76. The van der Waals surface area contributed by atoms with Crippen LogP contribution in [0, 0.1) is 0 Å². The maximum absolute atomic E-state index is 12.6. The SMILES string of the molecule is O=C(NCc1ccc(CN2CCCC2)cc1)c1ccnc2ccccc12. The number of hydrogen-bond acceptors (Lipinski definition) is 3. The van der Waals surface area contributed by atoms with Gasteiger partial charge >= 0.3 is 0 Å². The number of benzene rings is 2. The van der Waals surface area contributed by atoms with Gasteiger partial charge in [-0.3, -0.25) is 14.7 Å². The average molecular weight is 345 g/mol. The molecular weight excluding hydrogens is 322 g/mol. The van der Waals surface area contributed by atoms with Crippen molar-refractivity contribution in [1.29, 1.82) is 0 Å². The third-order valence-electron chi connectivity index (χ3n) is 4.97. The van der Waals surface area contributed by atoms with E-state index < -0.39 is 0 Å². The van der Waals surface area contributed by atoms with E-state index in [0.717, 1.165) is 23.0 Å². The van der Waals surface area contributed by atoms with Crippen molar-refractivity contribution in [2.45, 2.75) is 25.9 Å². The molecule has 0 radical (unpaired) electrons. The molecule has 2 heterocycles. The third-order valence-corrected chi connectivity index (χ3v) is 4.97. The minimum Gasteiger partial charge on any atom is -0.348 e. The molecule has 132 valence electrons. The van der Waals surface area contributed by atoms with Crippen LogP contribution in [0.2, 0.25) is 0 Å². The molecule has 1 aliphatic heterocycles. The monoisotopic (exact) mass is 345 g/mol. The van der Waals surface area contributed by atoms with Gasteiger partial charge in [0.05, 0.1) is 11.1 Å². The number of rotatable bonds is 5. The minimum absolute atomic E-state index is 0.0651. The Morgan fingerprint density at radius 1 is 0.962 bits per heavy atom. The Hall–Kier alpha value is -2.72. The first kappa shape index (κ1) is 16.7. The highest BCUT2D eigenvalue weighted by Gasteiger charge is 2.12.